The van der Waals surface area contributed by atoms with E-state index in [-0.39, 0.29) is 11.7 Å². The van der Waals surface area contributed by atoms with Crippen molar-refractivity contribution in [3.8, 4) is 11.5 Å². The highest BCUT2D eigenvalue weighted by molar-refractivity contribution is 7.99. The molecule has 0 bridgehead atoms. The number of hydrogen-bond donors (Lipinski definition) is 1. The number of pyridine rings is 1. The van der Waals surface area contributed by atoms with Crippen molar-refractivity contribution in [1.29, 1.82) is 0 Å². The van der Waals surface area contributed by atoms with E-state index in [1.165, 1.54) is 0 Å². The molecule has 4 aromatic rings. The summed E-state index contributed by atoms with van der Waals surface area (Å²) in [7, 11) is 0. The lowest BCUT2D eigenvalue weighted by Crippen LogP contribution is -2.03. The van der Waals surface area contributed by atoms with Crippen LogP contribution >= 0.6 is 23.4 Å². The number of halogens is 1. The first-order valence-electron chi connectivity index (χ1n) is 10.9. The van der Waals surface area contributed by atoms with Crippen molar-refractivity contribution in [2.24, 2.45) is 0 Å². The number of aromatic nitrogens is 1. The van der Waals surface area contributed by atoms with Crippen molar-refractivity contribution >= 4 is 40.2 Å². The molecule has 1 aliphatic rings. The molecule has 0 fully saturated rings. The maximum atomic E-state index is 11.1. The monoisotopic (exact) mass is 491 g/mol. The predicted molar refractivity (Wildman–Crippen MR) is 135 cm³/mol. The van der Waals surface area contributed by atoms with Gasteiger partial charge in [0.15, 0.2) is 0 Å². The third-order valence-corrected chi connectivity index (χ3v) is 7.20. The average molecular weight is 492 g/mol. The third-order valence-electron chi connectivity index (χ3n) is 5.68. The van der Waals surface area contributed by atoms with Gasteiger partial charge in [-0.1, -0.05) is 41.9 Å². The second kappa shape index (κ2) is 9.95. The van der Waals surface area contributed by atoms with Crippen molar-refractivity contribution in [2.45, 2.75) is 24.9 Å². The fourth-order valence-electron chi connectivity index (χ4n) is 4.02. The van der Waals surface area contributed by atoms with E-state index in [0.29, 0.717) is 29.7 Å². The van der Waals surface area contributed by atoms with Gasteiger partial charge in [-0.2, -0.15) is 0 Å². The van der Waals surface area contributed by atoms with Crippen molar-refractivity contribution in [3.63, 3.8) is 0 Å². The molecule has 0 saturated carbocycles. The number of hydrogen-bond acceptors (Lipinski definition) is 5. The molecule has 3 aromatic carbocycles. The zero-order valence-corrected chi connectivity index (χ0v) is 19.8. The van der Waals surface area contributed by atoms with E-state index in [0.717, 1.165) is 39.0 Å². The first-order chi connectivity index (χ1) is 16.6. The smallest absolute Gasteiger partial charge is 0.304 e. The summed E-state index contributed by atoms with van der Waals surface area (Å²) in [6, 6.07) is 23.5. The minimum Gasteiger partial charge on any atom is -0.489 e. The first-order valence-corrected chi connectivity index (χ1v) is 12.4. The van der Waals surface area contributed by atoms with Gasteiger partial charge in [0, 0.05) is 21.7 Å². The standard InChI is InChI=1S/C27H22ClNO4S/c28-19-6-9-24-17(13-19)5-7-20(29-24)16-32-21-8-10-25-23(14-21)27(34-12-11-26(30)31)22-4-2-1-3-18(22)15-33-25/h1-10,13-14,27H,11-12,15-16H2,(H,30,31). The summed E-state index contributed by atoms with van der Waals surface area (Å²) in [6.07, 6.45) is 0.106. The van der Waals surface area contributed by atoms with E-state index < -0.39 is 5.97 Å². The Bertz CT molecular complexity index is 1360. The first kappa shape index (κ1) is 22.6. The van der Waals surface area contributed by atoms with E-state index >= 15 is 0 Å². The number of aliphatic carboxylic acids is 1. The Labute approximate surface area is 206 Å². The zero-order valence-electron chi connectivity index (χ0n) is 18.2. The largest absolute Gasteiger partial charge is 0.489 e. The molecule has 0 amide bonds. The van der Waals surface area contributed by atoms with Crippen LogP contribution in [0.5, 0.6) is 11.5 Å². The molecule has 1 N–H and O–H groups in total. The van der Waals surface area contributed by atoms with Crippen LogP contribution in [-0.2, 0) is 18.0 Å². The molecule has 7 heteroatoms. The Hall–Kier alpha value is -3.22. The fraction of sp³-hybridized carbons (Fsp3) is 0.185. The highest BCUT2D eigenvalue weighted by Crippen LogP contribution is 2.45. The Morgan fingerprint density at radius 3 is 2.85 bits per heavy atom. The van der Waals surface area contributed by atoms with Gasteiger partial charge in [0.05, 0.1) is 22.9 Å². The SMILES string of the molecule is O=C(O)CCSC1c2ccccc2COc2ccc(OCc3ccc4cc(Cl)ccc4n3)cc21. The van der Waals surface area contributed by atoms with Gasteiger partial charge in [0.1, 0.15) is 24.7 Å². The van der Waals surface area contributed by atoms with Crippen LogP contribution in [0.1, 0.15) is 34.1 Å². The van der Waals surface area contributed by atoms with E-state index in [1.807, 2.05) is 60.7 Å². The van der Waals surface area contributed by atoms with Crippen LogP contribution in [-0.4, -0.2) is 21.8 Å². The maximum absolute atomic E-state index is 11.1. The summed E-state index contributed by atoms with van der Waals surface area (Å²) in [5.41, 5.74) is 4.92. The Morgan fingerprint density at radius 1 is 1.09 bits per heavy atom. The van der Waals surface area contributed by atoms with Crippen LogP contribution < -0.4 is 9.47 Å². The molecule has 0 spiro atoms. The molecule has 34 heavy (non-hydrogen) atoms. The lowest BCUT2D eigenvalue weighted by molar-refractivity contribution is -0.136. The summed E-state index contributed by atoms with van der Waals surface area (Å²) in [4.78, 5) is 15.8. The van der Waals surface area contributed by atoms with Gasteiger partial charge in [0.25, 0.3) is 0 Å². The van der Waals surface area contributed by atoms with Crippen molar-refractivity contribution in [1.82, 2.24) is 4.98 Å². The number of carbonyl (C=O) groups is 1. The minimum atomic E-state index is -0.798. The number of thioether (sulfide) groups is 1. The number of nitrogens with zero attached hydrogens (tertiary/aromatic N) is 1. The summed E-state index contributed by atoms with van der Waals surface area (Å²) in [6.45, 7) is 0.802. The van der Waals surface area contributed by atoms with Crippen LogP contribution in [0.25, 0.3) is 10.9 Å². The molecule has 5 nitrogen and oxygen atoms in total. The van der Waals surface area contributed by atoms with Crippen LogP contribution in [0.3, 0.4) is 0 Å². The van der Waals surface area contributed by atoms with Gasteiger partial charge >= 0.3 is 5.97 Å². The summed E-state index contributed by atoms with van der Waals surface area (Å²) < 4.78 is 12.2. The zero-order chi connectivity index (χ0) is 23.5. The molecule has 1 aliphatic heterocycles. The molecule has 1 atom stereocenters. The van der Waals surface area contributed by atoms with Gasteiger partial charge < -0.3 is 14.6 Å². The Balaban J connectivity index is 1.40. The van der Waals surface area contributed by atoms with Crippen molar-refractivity contribution in [2.75, 3.05) is 5.75 Å². The predicted octanol–water partition coefficient (Wildman–Crippen LogP) is 6.66. The molecular weight excluding hydrogens is 470 g/mol. The van der Waals surface area contributed by atoms with Gasteiger partial charge in [-0.15, -0.1) is 11.8 Å². The van der Waals surface area contributed by atoms with Crippen LogP contribution in [0.2, 0.25) is 5.02 Å². The maximum Gasteiger partial charge on any atom is 0.304 e. The lowest BCUT2D eigenvalue weighted by Gasteiger charge is -2.19. The molecule has 172 valence electrons. The van der Waals surface area contributed by atoms with Crippen LogP contribution in [0.15, 0.2) is 72.8 Å². The lowest BCUT2D eigenvalue weighted by atomic mass is 10.00. The van der Waals surface area contributed by atoms with E-state index in [2.05, 4.69) is 17.1 Å². The van der Waals surface area contributed by atoms with E-state index in [1.54, 1.807) is 11.8 Å². The van der Waals surface area contributed by atoms with Crippen LogP contribution in [0.4, 0.5) is 0 Å². The van der Waals surface area contributed by atoms with Gasteiger partial charge in [-0.05, 0) is 53.6 Å². The number of benzene rings is 3. The molecule has 2 heterocycles. The van der Waals surface area contributed by atoms with Gasteiger partial charge in [-0.3, -0.25) is 4.79 Å². The number of carboxylic acids is 1. The summed E-state index contributed by atoms with van der Waals surface area (Å²) in [5.74, 6) is 1.21. The number of fused-ring (bicyclic) bond motifs is 3. The van der Waals surface area contributed by atoms with Crippen molar-refractivity contribution in [3.05, 3.63) is 100 Å². The normalized spacial score (nSPS) is 14.6. The number of rotatable bonds is 7. The molecular formula is C27H22ClNO4S. The summed E-state index contributed by atoms with van der Waals surface area (Å²) >= 11 is 7.68. The highest BCUT2D eigenvalue weighted by atomic mass is 35.5. The second-order valence-corrected chi connectivity index (χ2v) is 9.66. The average Bonchev–Trinajstić information content (AvgIpc) is 2.99. The second-order valence-electron chi connectivity index (χ2n) is 8.01. The minimum absolute atomic E-state index is 0.0415. The molecule has 0 saturated heterocycles. The quantitative estimate of drug-likeness (QED) is 0.312. The molecule has 1 unspecified atom stereocenters. The molecule has 5 rings (SSSR count). The third kappa shape index (κ3) is 4.98. The van der Waals surface area contributed by atoms with E-state index in [4.69, 9.17) is 26.2 Å². The molecule has 0 radical (unpaired) electrons. The highest BCUT2D eigenvalue weighted by Gasteiger charge is 2.26. The van der Waals surface area contributed by atoms with Gasteiger partial charge in [-0.25, -0.2) is 4.98 Å². The van der Waals surface area contributed by atoms with Crippen molar-refractivity contribution < 1.29 is 19.4 Å². The Kier molecular flexibility index (Phi) is 6.61. The van der Waals surface area contributed by atoms with E-state index in [9.17, 15) is 4.79 Å². The molecule has 0 aliphatic carbocycles. The Morgan fingerprint density at radius 2 is 1.97 bits per heavy atom. The number of ether oxygens (including phenoxy) is 2. The topological polar surface area (TPSA) is 68.7 Å². The van der Waals surface area contributed by atoms with Gasteiger partial charge in [0.2, 0.25) is 0 Å². The number of carboxylic acid groups (broad SMARTS) is 1. The summed E-state index contributed by atoms with van der Waals surface area (Å²) in [5, 5.41) is 10.7. The fourth-order valence-corrected chi connectivity index (χ4v) is 5.50. The van der Waals surface area contributed by atoms with Crippen LogP contribution in [0, 0.1) is 0 Å². The molecule has 1 aromatic heterocycles.